The van der Waals surface area contributed by atoms with E-state index in [4.69, 9.17) is 4.52 Å². The van der Waals surface area contributed by atoms with Crippen LogP contribution in [0, 0.1) is 5.82 Å². The maximum Gasteiger partial charge on any atom is 0.228 e. The first-order valence-corrected chi connectivity index (χ1v) is 7.57. The van der Waals surface area contributed by atoms with Crippen molar-refractivity contribution in [3.63, 3.8) is 0 Å². The van der Waals surface area contributed by atoms with Crippen LogP contribution in [0.1, 0.15) is 25.1 Å². The van der Waals surface area contributed by atoms with Crippen LogP contribution >= 0.6 is 11.8 Å². The van der Waals surface area contributed by atoms with Gasteiger partial charge in [0.1, 0.15) is 5.82 Å². The summed E-state index contributed by atoms with van der Waals surface area (Å²) in [6.45, 7) is 2.11. The molecule has 0 aliphatic heterocycles. The third-order valence-electron chi connectivity index (χ3n) is 3.01. The molecule has 108 valence electrons. The number of halogens is 1. The Kier molecular flexibility index (Phi) is 5.55. The molecule has 0 fully saturated rings. The van der Waals surface area contributed by atoms with E-state index in [1.165, 1.54) is 12.1 Å². The number of nitrogens with one attached hydrogen (secondary N) is 1. The maximum atomic E-state index is 12.8. The van der Waals surface area contributed by atoms with Gasteiger partial charge in [-0.3, -0.25) is 0 Å². The molecule has 0 amide bonds. The van der Waals surface area contributed by atoms with Crippen molar-refractivity contribution in [3.05, 3.63) is 41.8 Å². The number of hydrogen-bond acceptors (Lipinski definition) is 5. The molecule has 1 unspecified atom stereocenters. The van der Waals surface area contributed by atoms with E-state index in [1.54, 1.807) is 23.9 Å². The highest BCUT2D eigenvalue weighted by Gasteiger charge is 2.11. The number of hydrogen-bond donors (Lipinski definition) is 1. The van der Waals surface area contributed by atoms with Gasteiger partial charge in [0.15, 0.2) is 5.82 Å². The van der Waals surface area contributed by atoms with Gasteiger partial charge in [0, 0.05) is 17.4 Å². The molecule has 0 radical (unpaired) electrons. The summed E-state index contributed by atoms with van der Waals surface area (Å²) in [5, 5.41) is 7.17. The molecule has 6 heteroatoms. The van der Waals surface area contributed by atoms with Crippen LogP contribution in [0.15, 0.2) is 33.7 Å². The van der Waals surface area contributed by atoms with Crippen molar-refractivity contribution in [1.82, 2.24) is 15.5 Å². The SMILES string of the molecule is CCC(Cc1nc(CSc2ccc(F)cc2)no1)NC. The third-order valence-corrected chi connectivity index (χ3v) is 4.02. The van der Waals surface area contributed by atoms with Gasteiger partial charge in [0.05, 0.1) is 5.75 Å². The lowest BCUT2D eigenvalue weighted by molar-refractivity contribution is 0.356. The first kappa shape index (κ1) is 15.0. The molecule has 0 spiro atoms. The summed E-state index contributed by atoms with van der Waals surface area (Å²) in [6, 6.07) is 6.74. The molecule has 20 heavy (non-hydrogen) atoms. The Morgan fingerprint density at radius 1 is 1.35 bits per heavy atom. The van der Waals surface area contributed by atoms with Crippen molar-refractivity contribution in [1.29, 1.82) is 0 Å². The van der Waals surface area contributed by atoms with Crippen LogP contribution in [-0.2, 0) is 12.2 Å². The Bertz CT molecular complexity index is 525. The quantitative estimate of drug-likeness (QED) is 0.796. The molecule has 0 aliphatic carbocycles. The van der Waals surface area contributed by atoms with Crippen LogP contribution in [0.5, 0.6) is 0 Å². The van der Waals surface area contributed by atoms with Gasteiger partial charge in [-0.25, -0.2) is 4.39 Å². The van der Waals surface area contributed by atoms with Crippen molar-refractivity contribution < 1.29 is 8.91 Å². The van der Waals surface area contributed by atoms with Crippen LogP contribution in [0.4, 0.5) is 4.39 Å². The lowest BCUT2D eigenvalue weighted by atomic mass is 10.1. The number of nitrogens with zero attached hydrogens (tertiary/aromatic N) is 2. The van der Waals surface area contributed by atoms with E-state index in [0.717, 1.165) is 17.7 Å². The Morgan fingerprint density at radius 3 is 2.75 bits per heavy atom. The predicted octanol–water partition coefficient (Wildman–Crippen LogP) is 3.04. The van der Waals surface area contributed by atoms with Crippen LogP contribution < -0.4 is 5.32 Å². The number of aromatic nitrogens is 2. The summed E-state index contributed by atoms with van der Waals surface area (Å²) in [7, 11) is 1.93. The van der Waals surface area contributed by atoms with Crippen molar-refractivity contribution in [2.75, 3.05) is 7.05 Å². The van der Waals surface area contributed by atoms with E-state index in [0.29, 0.717) is 23.5 Å². The summed E-state index contributed by atoms with van der Waals surface area (Å²) < 4.78 is 18.0. The first-order valence-electron chi connectivity index (χ1n) is 6.58. The molecule has 1 aromatic carbocycles. The normalized spacial score (nSPS) is 12.6. The van der Waals surface area contributed by atoms with Gasteiger partial charge in [-0.05, 0) is 37.7 Å². The highest BCUT2D eigenvalue weighted by atomic mass is 32.2. The average molecular weight is 295 g/mol. The van der Waals surface area contributed by atoms with E-state index >= 15 is 0 Å². The molecule has 2 rings (SSSR count). The summed E-state index contributed by atoms with van der Waals surface area (Å²) in [6.07, 6.45) is 1.75. The molecule has 0 saturated heterocycles. The molecule has 1 heterocycles. The zero-order chi connectivity index (χ0) is 14.4. The molecule has 1 atom stereocenters. The van der Waals surface area contributed by atoms with Gasteiger partial charge in [-0.2, -0.15) is 4.98 Å². The largest absolute Gasteiger partial charge is 0.339 e. The zero-order valence-corrected chi connectivity index (χ0v) is 12.4. The van der Waals surface area contributed by atoms with Gasteiger partial charge < -0.3 is 9.84 Å². The second-order valence-electron chi connectivity index (χ2n) is 4.44. The Balaban J connectivity index is 1.87. The molecular weight excluding hydrogens is 277 g/mol. The van der Waals surface area contributed by atoms with Crippen molar-refractivity contribution in [3.8, 4) is 0 Å². The summed E-state index contributed by atoms with van der Waals surface area (Å²) in [5.74, 6) is 1.71. The Morgan fingerprint density at radius 2 is 2.10 bits per heavy atom. The average Bonchev–Trinajstić information content (AvgIpc) is 2.92. The molecule has 0 aliphatic rings. The molecule has 2 aromatic rings. The zero-order valence-electron chi connectivity index (χ0n) is 11.6. The predicted molar refractivity (Wildman–Crippen MR) is 77.1 cm³/mol. The smallest absolute Gasteiger partial charge is 0.228 e. The minimum atomic E-state index is -0.228. The summed E-state index contributed by atoms with van der Waals surface area (Å²) >= 11 is 1.56. The van der Waals surface area contributed by atoms with E-state index < -0.39 is 0 Å². The highest BCUT2D eigenvalue weighted by Crippen LogP contribution is 2.21. The molecule has 0 saturated carbocycles. The van der Waals surface area contributed by atoms with Crippen LogP contribution in [0.3, 0.4) is 0 Å². The molecule has 1 N–H and O–H groups in total. The van der Waals surface area contributed by atoms with E-state index in [2.05, 4.69) is 22.4 Å². The van der Waals surface area contributed by atoms with Crippen molar-refractivity contribution >= 4 is 11.8 Å². The van der Waals surface area contributed by atoms with Gasteiger partial charge in [-0.15, -0.1) is 11.8 Å². The van der Waals surface area contributed by atoms with Gasteiger partial charge in [0.2, 0.25) is 5.89 Å². The minimum Gasteiger partial charge on any atom is -0.339 e. The highest BCUT2D eigenvalue weighted by molar-refractivity contribution is 7.98. The Hall–Kier alpha value is -1.40. The third kappa shape index (κ3) is 4.31. The summed E-state index contributed by atoms with van der Waals surface area (Å²) in [4.78, 5) is 5.35. The van der Waals surface area contributed by atoms with E-state index in [9.17, 15) is 4.39 Å². The fraction of sp³-hybridized carbons (Fsp3) is 0.429. The number of thioether (sulfide) groups is 1. The van der Waals surface area contributed by atoms with Gasteiger partial charge in [0.25, 0.3) is 0 Å². The van der Waals surface area contributed by atoms with Crippen LogP contribution in [0.2, 0.25) is 0 Å². The molecular formula is C14H18FN3OS. The number of rotatable bonds is 7. The van der Waals surface area contributed by atoms with Crippen LogP contribution in [0.25, 0.3) is 0 Å². The fourth-order valence-corrected chi connectivity index (χ4v) is 2.51. The minimum absolute atomic E-state index is 0.228. The Labute approximate surface area is 122 Å². The van der Waals surface area contributed by atoms with Crippen molar-refractivity contribution in [2.45, 2.75) is 36.5 Å². The molecule has 1 aromatic heterocycles. The lowest BCUT2D eigenvalue weighted by Crippen LogP contribution is -2.26. The van der Waals surface area contributed by atoms with Crippen LogP contribution in [-0.4, -0.2) is 23.2 Å². The monoisotopic (exact) mass is 295 g/mol. The molecule has 4 nitrogen and oxygen atoms in total. The standard InChI is InChI=1S/C14H18FN3OS/c1-3-11(16-2)8-14-17-13(18-19-14)9-20-12-6-4-10(15)5-7-12/h4-7,11,16H,3,8-9H2,1-2H3. The first-order chi connectivity index (χ1) is 9.71. The summed E-state index contributed by atoms with van der Waals surface area (Å²) in [5.41, 5.74) is 0. The lowest BCUT2D eigenvalue weighted by Gasteiger charge is -2.09. The second kappa shape index (κ2) is 7.40. The fourth-order valence-electron chi connectivity index (χ4n) is 1.77. The van der Waals surface area contributed by atoms with E-state index in [1.807, 2.05) is 7.05 Å². The van der Waals surface area contributed by atoms with Gasteiger partial charge >= 0.3 is 0 Å². The van der Waals surface area contributed by atoms with Crippen molar-refractivity contribution in [2.24, 2.45) is 0 Å². The number of likely N-dealkylation sites (N-methyl/N-ethyl adjacent to an activating group) is 1. The second-order valence-corrected chi connectivity index (χ2v) is 5.49. The van der Waals surface area contributed by atoms with Gasteiger partial charge in [-0.1, -0.05) is 12.1 Å². The van der Waals surface area contributed by atoms with E-state index in [-0.39, 0.29) is 5.82 Å². The molecule has 0 bridgehead atoms. The number of benzene rings is 1. The maximum absolute atomic E-state index is 12.8. The topological polar surface area (TPSA) is 51.0 Å².